The van der Waals surface area contributed by atoms with Gasteiger partial charge in [0.05, 0.1) is 12.6 Å². The van der Waals surface area contributed by atoms with Crippen LogP contribution in [0, 0.1) is 0 Å². The first-order valence-electron chi connectivity index (χ1n) is 3.32. The van der Waals surface area contributed by atoms with Crippen LogP contribution < -0.4 is 0 Å². The van der Waals surface area contributed by atoms with Crippen molar-refractivity contribution in [2.45, 2.75) is 24.1 Å². The normalized spacial score (nSPS) is 42.7. The zero-order valence-corrected chi connectivity index (χ0v) is 6.00. The largest absolute Gasteiger partial charge is 0.394 e. The fourth-order valence-corrected chi connectivity index (χ4v) is 1.06. The van der Waals surface area contributed by atoms with E-state index in [4.69, 9.17) is 10.2 Å². The number of hydrogen-bond acceptors (Lipinski definition) is 3. The van der Waals surface area contributed by atoms with Gasteiger partial charge in [0.25, 0.3) is 5.92 Å². The van der Waals surface area contributed by atoms with E-state index in [0.717, 1.165) is 0 Å². The third kappa shape index (κ3) is 1.26. The van der Waals surface area contributed by atoms with Gasteiger partial charge in [0.1, 0.15) is 20.1 Å². The van der Waals surface area contributed by atoms with Crippen molar-refractivity contribution < 1.29 is 23.7 Å². The summed E-state index contributed by atoms with van der Waals surface area (Å²) in [6.07, 6.45) is -3.04. The number of hydrogen-bond donors (Lipinski definition) is 2. The van der Waals surface area contributed by atoms with Crippen LogP contribution in [0.4, 0.5) is 8.78 Å². The Bertz CT molecular complexity index is 155. The summed E-state index contributed by atoms with van der Waals surface area (Å²) in [5.41, 5.74) is 0. The second kappa shape index (κ2) is 2.69. The van der Waals surface area contributed by atoms with Crippen molar-refractivity contribution in [2.24, 2.45) is 0 Å². The van der Waals surface area contributed by atoms with E-state index >= 15 is 0 Å². The predicted molar refractivity (Wildman–Crippen MR) is 35.2 cm³/mol. The number of rotatable bonds is 1. The van der Waals surface area contributed by atoms with Gasteiger partial charge in [-0.25, -0.2) is 8.78 Å². The number of aliphatic hydroxyl groups excluding tert-OH is 2. The monoisotopic (exact) mass is 166 g/mol. The van der Waals surface area contributed by atoms with Crippen molar-refractivity contribution in [1.29, 1.82) is 0 Å². The van der Waals surface area contributed by atoms with Gasteiger partial charge in [0, 0.05) is 0 Å². The zero-order valence-electron chi connectivity index (χ0n) is 6.00. The molecule has 0 bridgehead atoms. The van der Waals surface area contributed by atoms with E-state index in [2.05, 4.69) is 4.74 Å². The lowest BCUT2D eigenvalue weighted by molar-refractivity contribution is -0.0917. The van der Waals surface area contributed by atoms with Gasteiger partial charge in [-0.2, -0.15) is 0 Å². The number of aliphatic hydroxyl groups is 2. The van der Waals surface area contributed by atoms with Crippen LogP contribution in [0.15, 0.2) is 0 Å². The summed E-state index contributed by atoms with van der Waals surface area (Å²) >= 11 is 0. The van der Waals surface area contributed by atoms with Crippen LogP contribution in [0.25, 0.3) is 0 Å². The van der Waals surface area contributed by atoms with Gasteiger partial charge in [0.2, 0.25) is 0 Å². The number of halogens is 2. The Labute approximate surface area is 63.4 Å². The Morgan fingerprint density at radius 3 is 2.27 bits per heavy atom. The first kappa shape index (κ1) is 8.90. The Hall–Kier alpha value is -0.195. The zero-order chi connectivity index (χ0) is 8.65. The van der Waals surface area contributed by atoms with Crippen molar-refractivity contribution in [2.75, 3.05) is 6.61 Å². The maximum absolute atomic E-state index is 12.7. The van der Waals surface area contributed by atoms with E-state index in [1.807, 2.05) is 0 Å². The number of alkyl halides is 2. The Morgan fingerprint density at radius 1 is 1.55 bits per heavy atom. The first-order valence-corrected chi connectivity index (χ1v) is 3.32. The van der Waals surface area contributed by atoms with Crippen LogP contribution >= 0.6 is 0 Å². The molecule has 0 aromatic rings. The highest BCUT2D eigenvalue weighted by Crippen LogP contribution is 2.34. The highest BCUT2D eigenvalue weighted by Gasteiger charge is 2.55. The molecule has 0 amide bonds. The molecule has 0 spiro atoms. The third-order valence-electron chi connectivity index (χ3n) is 1.85. The van der Waals surface area contributed by atoms with Crippen LogP contribution in [0.5, 0.6) is 0 Å². The lowest BCUT2D eigenvalue weighted by atomic mass is 9.92. The summed E-state index contributed by atoms with van der Waals surface area (Å²) in [4.78, 5) is 0. The van der Waals surface area contributed by atoms with Crippen molar-refractivity contribution in [3.05, 3.63) is 0 Å². The molecule has 1 heterocycles. The molecule has 6 heteroatoms. The third-order valence-corrected chi connectivity index (χ3v) is 1.85. The lowest BCUT2D eigenvalue weighted by Crippen LogP contribution is -2.40. The summed E-state index contributed by atoms with van der Waals surface area (Å²) in [5.74, 6) is -3.24. The molecule has 3 unspecified atom stereocenters. The summed E-state index contributed by atoms with van der Waals surface area (Å²) in [6, 6.07) is -1.32. The second-order valence-corrected chi connectivity index (χ2v) is 2.62. The molecular weight excluding hydrogens is 157 g/mol. The van der Waals surface area contributed by atoms with Crippen molar-refractivity contribution in [3.8, 4) is 0 Å². The van der Waals surface area contributed by atoms with Crippen molar-refractivity contribution in [1.82, 2.24) is 0 Å². The van der Waals surface area contributed by atoms with E-state index in [1.165, 1.54) is 7.85 Å². The average molecular weight is 166 g/mol. The molecule has 1 saturated heterocycles. The molecule has 11 heavy (non-hydrogen) atoms. The van der Waals surface area contributed by atoms with Gasteiger partial charge >= 0.3 is 0 Å². The standard InChI is InChI=1S/C5H9BF2O3/c6-4-5(7,8)3(10)2(1-9)11-4/h2-4,9-10H,1,6H2. The quantitative estimate of drug-likeness (QED) is 0.458. The molecule has 1 rings (SSSR count). The molecule has 0 aromatic heterocycles. The first-order chi connectivity index (χ1) is 5.00. The van der Waals surface area contributed by atoms with Crippen LogP contribution in [-0.2, 0) is 4.74 Å². The predicted octanol–water partition coefficient (Wildman–Crippen LogP) is -1.67. The van der Waals surface area contributed by atoms with Crippen LogP contribution in [0.2, 0.25) is 0 Å². The molecule has 3 atom stereocenters. The highest BCUT2D eigenvalue weighted by atomic mass is 19.3. The van der Waals surface area contributed by atoms with Crippen LogP contribution in [0.3, 0.4) is 0 Å². The molecule has 0 saturated carbocycles. The van der Waals surface area contributed by atoms with Gasteiger partial charge in [0.15, 0.2) is 0 Å². The molecule has 1 aliphatic rings. The Kier molecular flexibility index (Phi) is 2.18. The minimum atomic E-state index is -3.24. The summed E-state index contributed by atoms with van der Waals surface area (Å²) in [5, 5.41) is 17.3. The van der Waals surface area contributed by atoms with E-state index < -0.39 is 30.7 Å². The molecule has 1 aliphatic heterocycles. The molecule has 0 radical (unpaired) electrons. The Morgan fingerprint density at radius 2 is 2.09 bits per heavy atom. The van der Waals surface area contributed by atoms with Crippen LogP contribution in [-0.4, -0.2) is 48.8 Å². The molecule has 2 N–H and O–H groups in total. The van der Waals surface area contributed by atoms with E-state index in [1.54, 1.807) is 0 Å². The van der Waals surface area contributed by atoms with Gasteiger partial charge in [-0.15, -0.1) is 0 Å². The molecule has 64 valence electrons. The Balaban J connectivity index is 2.71. The molecule has 0 aromatic carbocycles. The van der Waals surface area contributed by atoms with Gasteiger partial charge in [-0.1, -0.05) is 0 Å². The number of ether oxygens (including phenoxy) is 1. The minimum Gasteiger partial charge on any atom is -0.394 e. The minimum absolute atomic E-state index is 0.582. The van der Waals surface area contributed by atoms with Gasteiger partial charge < -0.3 is 14.9 Å². The summed E-state index contributed by atoms with van der Waals surface area (Å²) in [6.45, 7) is -0.582. The fourth-order valence-electron chi connectivity index (χ4n) is 1.06. The van der Waals surface area contributed by atoms with E-state index in [9.17, 15) is 8.78 Å². The molecule has 1 fully saturated rings. The lowest BCUT2D eigenvalue weighted by Gasteiger charge is -2.16. The average Bonchev–Trinajstić information content (AvgIpc) is 2.14. The fraction of sp³-hybridized carbons (Fsp3) is 1.00. The molecule has 0 aliphatic carbocycles. The maximum Gasteiger partial charge on any atom is 0.293 e. The van der Waals surface area contributed by atoms with Crippen molar-refractivity contribution in [3.63, 3.8) is 0 Å². The van der Waals surface area contributed by atoms with Gasteiger partial charge in [-0.05, 0) is 0 Å². The maximum atomic E-state index is 12.7. The highest BCUT2D eigenvalue weighted by molar-refractivity contribution is 6.12. The molecule has 3 nitrogen and oxygen atoms in total. The SMILES string of the molecule is BC1OC(CO)C(O)C1(F)F. The van der Waals surface area contributed by atoms with Crippen LogP contribution in [0.1, 0.15) is 0 Å². The molecular formula is C5H9BF2O3. The van der Waals surface area contributed by atoms with E-state index in [-0.39, 0.29) is 0 Å². The topological polar surface area (TPSA) is 49.7 Å². The smallest absolute Gasteiger partial charge is 0.293 e. The van der Waals surface area contributed by atoms with Gasteiger partial charge in [-0.3, -0.25) is 0 Å². The summed E-state index contributed by atoms with van der Waals surface area (Å²) in [7, 11) is 1.17. The second-order valence-electron chi connectivity index (χ2n) is 2.62. The van der Waals surface area contributed by atoms with E-state index in [0.29, 0.717) is 0 Å². The summed E-state index contributed by atoms with van der Waals surface area (Å²) < 4.78 is 30.0. The van der Waals surface area contributed by atoms with Crippen molar-refractivity contribution >= 4 is 7.85 Å².